The predicted molar refractivity (Wildman–Crippen MR) is 55.0 cm³/mol. The highest BCUT2D eigenvalue weighted by molar-refractivity contribution is 6.36. The van der Waals surface area contributed by atoms with Crippen molar-refractivity contribution in [1.82, 2.24) is 0 Å². The molecular formula is C9H11Cl2NO. The first-order chi connectivity index (χ1) is 6.16. The second-order valence-corrected chi connectivity index (χ2v) is 3.68. The Labute approximate surface area is 87.5 Å². The van der Waals surface area contributed by atoms with Crippen molar-refractivity contribution in [3.8, 4) is 0 Å². The molecule has 2 nitrogen and oxygen atoms in total. The van der Waals surface area contributed by atoms with Gasteiger partial charge in [0.25, 0.3) is 0 Å². The Balaban J connectivity index is 2.98. The number of nitrogens with two attached hydrogens (primary N) is 1. The van der Waals surface area contributed by atoms with Crippen LogP contribution in [-0.2, 0) is 4.84 Å². The van der Waals surface area contributed by atoms with E-state index in [1.54, 1.807) is 12.1 Å². The Morgan fingerprint density at radius 2 is 1.92 bits per heavy atom. The summed E-state index contributed by atoms with van der Waals surface area (Å²) in [5, 5.41) is 1.30. The van der Waals surface area contributed by atoms with Gasteiger partial charge in [-0.1, -0.05) is 36.2 Å². The summed E-state index contributed by atoms with van der Waals surface area (Å²) in [4.78, 5) is 4.55. The molecule has 1 atom stereocenters. The van der Waals surface area contributed by atoms with E-state index in [1.807, 2.05) is 13.0 Å². The van der Waals surface area contributed by atoms with E-state index in [2.05, 4.69) is 4.84 Å². The van der Waals surface area contributed by atoms with Crippen molar-refractivity contribution < 1.29 is 4.84 Å². The second kappa shape index (κ2) is 4.82. The van der Waals surface area contributed by atoms with Gasteiger partial charge in [0.05, 0.1) is 6.61 Å². The average Bonchev–Trinajstić information content (AvgIpc) is 2.04. The summed E-state index contributed by atoms with van der Waals surface area (Å²) in [5.74, 6) is 5.08. The van der Waals surface area contributed by atoms with Gasteiger partial charge in [-0.15, -0.1) is 0 Å². The van der Waals surface area contributed by atoms with Crippen LogP contribution in [0, 0.1) is 0 Å². The highest BCUT2D eigenvalue weighted by atomic mass is 35.5. The van der Waals surface area contributed by atoms with E-state index in [9.17, 15) is 0 Å². The van der Waals surface area contributed by atoms with Crippen LogP contribution in [0.3, 0.4) is 0 Å². The van der Waals surface area contributed by atoms with Crippen molar-refractivity contribution in [3.05, 3.63) is 33.8 Å². The molecule has 0 aromatic heterocycles. The Morgan fingerprint density at radius 1 is 1.38 bits per heavy atom. The van der Waals surface area contributed by atoms with Crippen molar-refractivity contribution in [2.75, 3.05) is 6.61 Å². The van der Waals surface area contributed by atoms with Gasteiger partial charge in [0.1, 0.15) is 0 Å². The SMILES string of the molecule is CC(CON)c1c(Cl)cccc1Cl. The van der Waals surface area contributed by atoms with Crippen LogP contribution in [0.1, 0.15) is 18.4 Å². The Morgan fingerprint density at radius 3 is 2.38 bits per heavy atom. The molecule has 0 spiro atoms. The maximum Gasteiger partial charge on any atom is 0.0746 e. The van der Waals surface area contributed by atoms with Crippen LogP contribution in [0.25, 0.3) is 0 Å². The van der Waals surface area contributed by atoms with Gasteiger partial charge >= 0.3 is 0 Å². The predicted octanol–water partition coefficient (Wildman–Crippen LogP) is 2.99. The summed E-state index contributed by atoms with van der Waals surface area (Å²) in [6.45, 7) is 2.36. The fraction of sp³-hybridized carbons (Fsp3) is 0.333. The molecule has 0 bridgehead atoms. The summed E-state index contributed by atoms with van der Waals surface area (Å²) in [5.41, 5.74) is 0.885. The van der Waals surface area contributed by atoms with E-state index in [0.717, 1.165) is 5.56 Å². The Kier molecular flexibility index (Phi) is 4.00. The Hall–Kier alpha value is -0.280. The second-order valence-electron chi connectivity index (χ2n) is 2.87. The van der Waals surface area contributed by atoms with Crippen LogP contribution >= 0.6 is 23.2 Å². The molecule has 0 fully saturated rings. The topological polar surface area (TPSA) is 35.2 Å². The molecule has 0 aliphatic heterocycles. The smallest absolute Gasteiger partial charge is 0.0746 e. The minimum absolute atomic E-state index is 0.103. The normalized spacial score (nSPS) is 12.9. The molecule has 72 valence electrons. The van der Waals surface area contributed by atoms with Crippen LogP contribution in [-0.4, -0.2) is 6.61 Å². The highest BCUT2D eigenvalue weighted by Crippen LogP contribution is 2.31. The highest BCUT2D eigenvalue weighted by Gasteiger charge is 2.12. The zero-order chi connectivity index (χ0) is 9.84. The minimum atomic E-state index is 0.103. The number of halogens is 2. The molecule has 0 aliphatic rings. The van der Waals surface area contributed by atoms with Crippen molar-refractivity contribution in [3.63, 3.8) is 0 Å². The molecule has 4 heteroatoms. The minimum Gasteiger partial charge on any atom is -0.304 e. The summed E-state index contributed by atoms with van der Waals surface area (Å²) in [6, 6.07) is 5.41. The lowest BCUT2D eigenvalue weighted by atomic mass is 10.0. The molecular weight excluding hydrogens is 209 g/mol. The molecule has 1 aromatic rings. The molecule has 0 saturated heterocycles. The summed E-state index contributed by atoms with van der Waals surface area (Å²) >= 11 is 12.0. The first-order valence-electron chi connectivity index (χ1n) is 3.92. The molecule has 1 aromatic carbocycles. The quantitative estimate of drug-likeness (QED) is 0.794. The van der Waals surface area contributed by atoms with Gasteiger partial charge in [0, 0.05) is 16.0 Å². The molecule has 13 heavy (non-hydrogen) atoms. The van der Waals surface area contributed by atoms with Crippen LogP contribution in [0.2, 0.25) is 10.0 Å². The lowest BCUT2D eigenvalue weighted by Crippen LogP contribution is -2.09. The van der Waals surface area contributed by atoms with E-state index >= 15 is 0 Å². The molecule has 0 amide bonds. The van der Waals surface area contributed by atoms with Crippen molar-refractivity contribution in [2.24, 2.45) is 5.90 Å². The summed E-state index contributed by atoms with van der Waals surface area (Å²) in [6.07, 6.45) is 0. The molecule has 1 unspecified atom stereocenters. The van der Waals surface area contributed by atoms with Crippen molar-refractivity contribution in [2.45, 2.75) is 12.8 Å². The van der Waals surface area contributed by atoms with Gasteiger partial charge in [-0.05, 0) is 17.7 Å². The van der Waals surface area contributed by atoms with Crippen molar-refractivity contribution >= 4 is 23.2 Å². The fourth-order valence-electron chi connectivity index (χ4n) is 1.21. The first-order valence-corrected chi connectivity index (χ1v) is 4.68. The number of hydrogen-bond acceptors (Lipinski definition) is 2. The lowest BCUT2D eigenvalue weighted by Gasteiger charge is -2.13. The van der Waals surface area contributed by atoms with Crippen LogP contribution in [0.4, 0.5) is 0 Å². The number of rotatable bonds is 3. The maximum atomic E-state index is 5.98. The maximum absolute atomic E-state index is 5.98. The van der Waals surface area contributed by atoms with Crippen molar-refractivity contribution in [1.29, 1.82) is 0 Å². The third kappa shape index (κ3) is 2.58. The third-order valence-electron chi connectivity index (χ3n) is 1.84. The Bertz CT molecular complexity index is 271. The zero-order valence-corrected chi connectivity index (χ0v) is 8.77. The molecule has 0 heterocycles. The summed E-state index contributed by atoms with van der Waals surface area (Å²) < 4.78 is 0. The molecule has 2 N–H and O–H groups in total. The van der Waals surface area contributed by atoms with Gasteiger partial charge in [0.2, 0.25) is 0 Å². The van der Waals surface area contributed by atoms with Gasteiger partial charge in [-0.3, -0.25) is 0 Å². The first kappa shape index (κ1) is 10.8. The van der Waals surface area contributed by atoms with E-state index in [-0.39, 0.29) is 5.92 Å². The summed E-state index contributed by atoms with van der Waals surface area (Å²) in [7, 11) is 0. The molecule has 0 radical (unpaired) electrons. The zero-order valence-electron chi connectivity index (χ0n) is 7.26. The molecule has 1 rings (SSSR count). The fourth-order valence-corrected chi connectivity index (χ4v) is 1.98. The van der Waals surface area contributed by atoms with Crippen LogP contribution in [0.5, 0.6) is 0 Å². The number of hydrogen-bond donors (Lipinski definition) is 1. The number of benzene rings is 1. The van der Waals surface area contributed by atoms with E-state index in [0.29, 0.717) is 16.7 Å². The monoisotopic (exact) mass is 219 g/mol. The lowest BCUT2D eigenvalue weighted by molar-refractivity contribution is 0.126. The molecule has 0 saturated carbocycles. The largest absolute Gasteiger partial charge is 0.304 e. The average molecular weight is 220 g/mol. The van der Waals surface area contributed by atoms with E-state index in [1.165, 1.54) is 0 Å². The third-order valence-corrected chi connectivity index (χ3v) is 2.50. The van der Waals surface area contributed by atoms with Gasteiger partial charge < -0.3 is 4.84 Å². The molecule has 0 aliphatic carbocycles. The van der Waals surface area contributed by atoms with Crippen LogP contribution in [0.15, 0.2) is 18.2 Å². The van der Waals surface area contributed by atoms with Gasteiger partial charge in [-0.25, -0.2) is 5.90 Å². The van der Waals surface area contributed by atoms with Crippen LogP contribution < -0.4 is 5.90 Å². The van der Waals surface area contributed by atoms with Gasteiger partial charge in [0.15, 0.2) is 0 Å². The van der Waals surface area contributed by atoms with Gasteiger partial charge in [-0.2, -0.15) is 0 Å². The standard InChI is InChI=1S/C9H11Cl2NO/c1-6(5-13-12)9-7(10)3-2-4-8(9)11/h2-4,6H,5,12H2,1H3. The van der Waals surface area contributed by atoms with E-state index < -0.39 is 0 Å². The van der Waals surface area contributed by atoms with E-state index in [4.69, 9.17) is 29.1 Å².